The lowest BCUT2D eigenvalue weighted by Gasteiger charge is -2.14. The van der Waals surface area contributed by atoms with E-state index >= 15 is 0 Å². The van der Waals surface area contributed by atoms with E-state index in [0.717, 1.165) is 210 Å². The van der Waals surface area contributed by atoms with Crippen molar-refractivity contribution in [2.45, 2.75) is 0 Å². The van der Waals surface area contributed by atoms with Gasteiger partial charge in [-0.25, -0.2) is 15.0 Å². The molecular weight excluding hydrogens is 1870 g/mol. The number of para-hydroxylation sites is 8. The van der Waals surface area contributed by atoms with Crippen molar-refractivity contribution in [1.82, 2.24) is 15.0 Å². The van der Waals surface area contributed by atoms with Crippen LogP contribution in [0.2, 0.25) is 0 Å². The summed E-state index contributed by atoms with van der Waals surface area (Å²) in [6.07, 6.45) is 0. The molecule has 0 saturated heterocycles. The average Bonchev–Trinajstić information content (AvgIpc) is 1.61. The van der Waals surface area contributed by atoms with Crippen molar-refractivity contribution >= 4 is 268 Å². The van der Waals surface area contributed by atoms with Gasteiger partial charge in [0.1, 0.15) is 55.8 Å². The van der Waals surface area contributed by atoms with Gasteiger partial charge < -0.3 is 22.1 Å². The fourth-order valence-electron chi connectivity index (χ4n) is 22.7. The maximum Gasteiger partial charge on any atom is 0.147 e. The molecule has 0 N–H and O–H groups in total. The molecule has 8 nitrogen and oxygen atoms in total. The van der Waals surface area contributed by atoms with Gasteiger partial charge in [0.05, 0.1) is 49.8 Å². The highest BCUT2D eigenvalue weighted by atomic mass is 32.1. The van der Waals surface area contributed by atoms with Crippen LogP contribution in [0.15, 0.2) is 477 Å². The predicted molar refractivity (Wildman–Crippen MR) is 622 cm³/mol. The van der Waals surface area contributed by atoms with Gasteiger partial charge in [0, 0.05) is 151 Å². The summed E-state index contributed by atoms with van der Waals surface area (Å²) in [6.45, 7) is 0. The van der Waals surface area contributed by atoms with E-state index in [1.54, 1.807) is 0 Å². The average molecular weight is 1950 g/mol. The molecule has 0 radical (unpaired) electrons. The van der Waals surface area contributed by atoms with Crippen molar-refractivity contribution < 1.29 is 22.1 Å². The number of hydrogen-bond acceptors (Lipinski definition) is 12. The van der Waals surface area contributed by atoms with Gasteiger partial charge in [-0.1, -0.05) is 261 Å². The van der Waals surface area contributed by atoms with Crippen LogP contribution in [0.1, 0.15) is 0 Å². The molecule has 147 heavy (non-hydrogen) atoms. The van der Waals surface area contributed by atoms with Crippen LogP contribution in [0.5, 0.6) is 0 Å². The van der Waals surface area contributed by atoms with Crippen molar-refractivity contribution in [1.29, 1.82) is 0 Å². The second-order valence-electron chi connectivity index (χ2n) is 38.0. The molecule has 0 atom stereocenters. The monoisotopic (exact) mass is 1950 g/mol. The van der Waals surface area contributed by atoms with E-state index in [0.29, 0.717) is 0 Å². The lowest BCUT2D eigenvalue weighted by molar-refractivity contribution is 0.668. The number of thiophene rings is 4. The van der Waals surface area contributed by atoms with Gasteiger partial charge in [0.15, 0.2) is 0 Å². The van der Waals surface area contributed by atoms with Crippen LogP contribution in [-0.2, 0) is 0 Å². The third kappa shape index (κ3) is 13.6. The summed E-state index contributed by atoms with van der Waals surface area (Å²) < 4.78 is 42.6. The minimum absolute atomic E-state index is 0.850. The van der Waals surface area contributed by atoms with Crippen LogP contribution in [0.4, 0.5) is 0 Å². The highest BCUT2D eigenvalue weighted by molar-refractivity contribution is 7.27. The van der Waals surface area contributed by atoms with Crippen molar-refractivity contribution in [3.05, 3.63) is 455 Å². The maximum absolute atomic E-state index is 6.60. The molecule has 684 valence electrons. The molecule has 0 aliphatic rings. The molecule has 0 amide bonds. The molecule has 0 spiro atoms. The van der Waals surface area contributed by atoms with Crippen LogP contribution >= 0.6 is 45.3 Å². The fourth-order valence-corrected chi connectivity index (χ4v) is 27.3. The molecule has 12 heterocycles. The molecule has 21 aromatic carbocycles. The first-order chi connectivity index (χ1) is 72.8. The Balaban J connectivity index is 0.0000000999. The minimum Gasteiger partial charge on any atom is -0.456 e. The summed E-state index contributed by atoms with van der Waals surface area (Å²) in [5.41, 5.74) is 31.3. The molecule has 12 aromatic heterocycles. The van der Waals surface area contributed by atoms with E-state index in [4.69, 9.17) is 37.0 Å². The Bertz CT molecular complexity index is 10600. The Hall–Kier alpha value is -18.3. The smallest absolute Gasteiger partial charge is 0.147 e. The summed E-state index contributed by atoms with van der Waals surface area (Å²) >= 11 is 7.45. The standard InChI is InChI=1S/C45H25NO3.2C45H25NOS2/c1-5-13-37-33(11-1)45-43(34-12-4-8-16-40(34)49-45)44(46-37)30-22-28(26-17-19-41-35(24-26)31-9-2-6-14-38(31)47-41)21-29(23-30)27-18-20-42-36(25-27)32-10-3-7-15-39(32)48-42;1-5-19-37-35(13-1)43-41(36-14-2-6-20-38(36)47-43)42(46-37)28-24-26(29-15-9-17-33-31-11-3-7-21-39(31)48-44(29)33)23-27(25-28)30-16-10-18-34-32-12-4-8-22-40(32)49-45(30)34;1-5-13-37-33(11-1)45-43(34-12-2-6-14-38(34)47-45)44(46-37)30-22-28(26-17-19-41-35(24-26)31-9-3-7-15-39(31)48-41)21-29(23-30)27-18-20-42-36(25-27)32-10-4-8-16-40(32)49-42/h3*1-25H. The lowest BCUT2D eigenvalue weighted by Crippen LogP contribution is -1.91. The first-order valence-electron chi connectivity index (χ1n) is 49.3. The number of rotatable bonds is 9. The zero-order valence-corrected chi connectivity index (χ0v) is 81.6. The summed E-state index contributed by atoms with van der Waals surface area (Å²) in [5, 5.41) is 24.2. The third-order valence-corrected chi connectivity index (χ3v) is 34.3. The van der Waals surface area contributed by atoms with Gasteiger partial charge >= 0.3 is 0 Å². The zero-order chi connectivity index (χ0) is 96.2. The number of furan rings is 5. The van der Waals surface area contributed by atoms with E-state index in [9.17, 15) is 0 Å². The van der Waals surface area contributed by atoms with Gasteiger partial charge in [-0.05, 0) is 261 Å². The van der Waals surface area contributed by atoms with E-state index in [2.05, 4.69) is 394 Å². The van der Waals surface area contributed by atoms with Gasteiger partial charge in [-0.3, -0.25) is 0 Å². The van der Waals surface area contributed by atoms with Crippen LogP contribution in [-0.4, -0.2) is 15.0 Å². The zero-order valence-electron chi connectivity index (χ0n) is 78.3. The molecule has 0 aliphatic heterocycles. The second-order valence-corrected chi connectivity index (χ2v) is 42.3. The summed E-state index contributed by atoms with van der Waals surface area (Å²) in [4.78, 5) is 16.1. The lowest BCUT2D eigenvalue weighted by atomic mass is 9.92. The molecular formula is C135H75N3O5S4. The maximum atomic E-state index is 6.60. The number of aromatic nitrogens is 3. The van der Waals surface area contributed by atoms with E-state index in [1.807, 2.05) is 106 Å². The van der Waals surface area contributed by atoms with Crippen molar-refractivity contribution in [2.75, 3.05) is 0 Å². The van der Waals surface area contributed by atoms with E-state index in [-0.39, 0.29) is 0 Å². The molecule has 33 rings (SSSR count). The Morgan fingerprint density at radius 2 is 0.388 bits per heavy atom. The summed E-state index contributed by atoms with van der Waals surface area (Å²) in [7, 11) is 0. The van der Waals surface area contributed by atoms with Gasteiger partial charge in [0.2, 0.25) is 0 Å². The summed E-state index contributed by atoms with van der Waals surface area (Å²) in [6, 6.07) is 162. The van der Waals surface area contributed by atoms with Gasteiger partial charge in [-0.15, -0.1) is 45.3 Å². The Morgan fingerprint density at radius 3 is 0.748 bits per heavy atom. The molecule has 33 aromatic rings. The number of hydrogen-bond donors (Lipinski definition) is 0. The summed E-state index contributed by atoms with van der Waals surface area (Å²) in [5.74, 6) is 0. The van der Waals surface area contributed by atoms with Crippen molar-refractivity contribution in [2.24, 2.45) is 0 Å². The molecule has 0 saturated carbocycles. The van der Waals surface area contributed by atoms with Crippen LogP contribution < -0.4 is 0 Å². The number of nitrogens with zero attached hydrogens (tertiary/aromatic N) is 3. The highest BCUT2D eigenvalue weighted by Crippen LogP contribution is 2.52. The fraction of sp³-hybridized carbons (Fsp3) is 0. The molecule has 0 unspecified atom stereocenters. The molecule has 0 aliphatic carbocycles. The molecule has 0 fully saturated rings. The Morgan fingerprint density at radius 1 is 0.143 bits per heavy atom. The van der Waals surface area contributed by atoms with Crippen LogP contribution in [0.3, 0.4) is 0 Å². The second kappa shape index (κ2) is 33.2. The van der Waals surface area contributed by atoms with Crippen LogP contribution in [0.25, 0.3) is 324 Å². The van der Waals surface area contributed by atoms with Crippen molar-refractivity contribution in [3.8, 4) is 101 Å². The van der Waals surface area contributed by atoms with E-state index < -0.39 is 0 Å². The number of pyridine rings is 3. The Labute approximate surface area is 854 Å². The third-order valence-electron chi connectivity index (χ3n) is 29.5. The minimum atomic E-state index is 0.850. The first-order valence-corrected chi connectivity index (χ1v) is 52.6. The number of fused-ring (bicyclic) bond motifs is 33. The molecule has 12 heteroatoms. The molecule has 0 bridgehead atoms. The van der Waals surface area contributed by atoms with Gasteiger partial charge in [-0.2, -0.15) is 0 Å². The largest absolute Gasteiger partial charge is 0.456 e. The van der Waals surface area contributed by atoms with Gasteiger partial charge in [0.25, 0.3) is 0 Å². The highest BCUT2D eigenvalue weighted by Gasteiger charge is 2.27. The van der Waals surface area contributed by atoms with Crippen LogP contribution in [0, 0.1) is 0 Å². The SMILES string of the molecule is c1ccc2c(c1)nc(-c1cc(-c3ccc4oc5ccccc5c4c3)cc(-c3ccc4oc5ccccc5c4c3)c1)c1c3ccccc3oc21.c1ccc2c(c1)nc(-c1cc(-c3ccc4sc5ccccc5c4c3)cc(-c3ccc4sc5ccccc5c4c3)c1)c1c3ccccc3oc21.c1ccc2c(c1)nc(-c1cc(-c3cccc4c3sc3ccccc34)cc(-c3cccc4c3sc3ccccc34)c1)c1c3ccccc3oc21. The quantitative estimate of drug-likeness (QED) is 0.141. The predicted octanol–water partition coefficient (Wildman–Crippen LogP) is 40.7. The first kappa shape index (κ1) is 83.4. The normalized spacial score (nSPS) is 12.1. The topological polar surface area (TPSA) is 104 Å². The Kier molecular flexibility index (Phi) is 18.8. The van der Waals surface area contributed by atoms with Crippen molar-refractivity contribution in [3.63, 3.8) is 0 Å². The van der Waals surface area contributed by atoms with E-state index in [1.165, 1.54) is 114 Å². The number of benzene rings is 21.